The summed E-state index contributed by atoms with van der Waals surface area (Å²) < 4.78 is 26.0. The topological polar surface area (TPSA) is 54.5 Å². The minimum absolute atomic E-state index is 0.0659. The molecule has 0 spiro atoms. The largest absolute Gasteiger partial charge is 0.276 e. The maximum absolute atomic E-state index is 12.2. The zero-order chi connectivity index (χ0) is 12.8. The molecule has 1 aliphatic heterocycles. The van der Waals surface area contributed by atoms with Crippen LogP contribution in [0.25, 0.3) is 0 Å². The van der Waals surface area contributed by atoms with Crippen molar-refractivity contribution in [1.82, 2.24) is 4.31 Å². The number of thiophene rings is 1. The van der Waals surface area contributed by atoms with Crippen LogP contribution in [0.15, 0.2) is 14.1 Å². The first kappa shape index (κ1) is 13.3. The van der Waals surface area contributed by atoms with Crippen molar-refractivity contribution in [2.75, 3.05) is 6.54 Å². The quantitative estimate of drug-likeness (QED) is 0.817. The van der Waals surface area contributed by atoms with E-state index in [1.54, 1.807) is 0 Å². The number of carbonyl (C=O) groups excluding carboxylic acids is 1. The lowest BCUT2D eigenvalue weighted by atomic mass is 10.2. The van der Waals surface area contributed by atoms with Crippen molar-refractivity contribution in [2.45, 2.75) is 17.6 Å². The van der Waals surface area contributed by atoms with Crippen LogP contribution < -0.4 is 0 Å². The van der Waals surface area contributed by atoms with Crippen LogP contribution in [-0.4, -0.2) is 25.2 Å². The SMILES string of the molecule is CC1CC(=O)N(S(=O)(=O)c2cc(Cl)c(Br)s2)C1. The van der Waals surface area contributed by atoms with E-state index in [0.29, 0.717) is 8.81 Å². The van der Waals surface area contributed by atoms with Gasteiger partial charge in [0.15, 0.2) is 0 Å². The highest BCUT2D eigenvalue weighted by Crippen LogP contribution is 2.37. The van der Waals surface area contributed by atoms with Crippen molar-refractivity contribution in [3.8, 4) is 0 Å². The summed E-state index contributed by atoms with van der Waals surface area (Å²) in [6, 6.07) is 1.36. The number of halogens is 2. The van der Waals surface area contributed by atoms with E-state index in [2.05, 4.69) is 15.9 Å². The summed E-state index contributed by atoms with van der Waals surface area (Å²) in [4.78, 5) is 11.6. The summed E-state index contributed by atoms with van der Waals surface area (Å²) in [6.45, 7) is 2.10. The van der Waals surface area contributed by atoms with E-state index in [1.165, 1.54) is 6.07 Å². The third-order valence-corrected chi connectivity index (χ3v) is 7.16. The van der Waals surface area contributed by atoms with Gasteiger partial charge in [-0.15, -0.1) is 11.3 Å². The average Bonchev–Trinajstić information content (AvgIpc) is 2.72. The Hall–Kier alpha value is -0.110. The van der Waals surface area contributed by atoms with Crippen LogP contribution in [0.2, 0.25) is 5.02 Å². The first-order valence-corrected chi connectivity index (χ1v) is 8.25. The fraction of sp³-hybridized carbons (Fsp3) is 0.444. The summed E-state index contributed by atoms with van der Waals surface area (Å²) in [6.07, 6.45) is 0.277. The molecule has 1 aromatic rings. The monoisotopic (exact) mass is 357 g/mol. The normalized spacial score (nSPS) is 21.2. The molecule has 1 unspecified atom stereocenters. The van der Waals surface area contributed by atoms with Gasteiger partial charge in [0.25, 0.3) is 10.0 Å². The molecule has 0 aromatic carbocycles. The average molecular weight is 359 g/mol. The Morgan fingerprint density at radius 3 is 2.65 bits per heavy atom. The van der Waals surface area contributed by atoms with Crippen molar-refractivity contribution < 1.29 is 13.2 Å². The van der Waals surface area contributed by atoms with E-state index in [-0.39, 0.29) is 29.0 Å². The Morgan fingerprint density at radius 2 is 2.24 bits per heavy atom. The lowest BCUT2D eigenvalue weighted by Gasteiger charge is -2.14. The van der Waals surface area contributed by atoms with Crippen molar-refractivity contribution in [3.63, 3.8) is 0 Å². The van der Waals surface area contributed by atoms with E-state index < -0.39 is 10.0 Å². The molecule has 0 aliphatic carbocycles. The molecule has 1 fully saturated rings. The third kappa shape index (κ3) is 2.38. The molecule has 1 saturated heterocycles. The van der Waals surface area contributed by atoms with Crippen LogP contribution in [0, 0.1) is 5.92 Å². The van der Waals surface area contributed by atoms with Crippen LogP contribution in [0.5, 0.6) is 0 Å². The second-order valence-corrected chi connectivity index (χ2v) is 8.79. The van der Waals surface area contributed by atoms with Crippen molar-refractivity contribution in [3.05, 3.63) is 14.9 Å². The number of sulfonamides is 1. The smallest absolute Gasteiger partial charge is 0.274 e. The standard InChI is InChI=1S/C9H9BrClNO3S2/c1-5-2-7(13)12(4-5)17(14,15)8-3-6(11)9(10)16-8/h3,5H,2,4H2,1H3. The first-order chi connectivity index (χ1) is 7.82. The van der Waals surface area contributed by atoms with Gasteiger partial charge in [-0.3, -0.25) is 4.79 Å². The summed E-state index contributed by atoms with van der Waals surface area (Å²) in [5, 5.41) is 0.341. The summed E-state index contributed by atoms with van der Waals surface area (Å²) in [7, 11) is -3.73. The highest BCUT2D eigenvalue weighted by molar-refractivity contribution is 9.11. The van der Waals surface area contributed by atoms with Gasteiger partial charge in [0.1, 0.15) is 4.21 Å². The molecule has 4 nitrogen and oxygen atoms in total. The van der Waals surface area contributed by atoms with Crippen LogP contribution in [0.4, 0.5) is 0 Å². The molecule has 1 aliphatic rings. The summed E-state index contributed by atoms with van der Waals surface area (Å²) in [5.74, 6) is -0.283. The minimum Gasteiger partial charge on any atom is -0.274 e. The fourth-order valence-corrected chi connectivity index (χ4v) is 5.69. The minimum atomic E-state index is -3.73. The van der Waals surface area contributed by atoms with Gasteiger partial charge < -0.3 is 0 Å². The molecule has 0 saturated carbocycles. The van der Waals surface area contributed by atoms with Gasteiger partial charge in [-0.25, -0.2) is 12.7 Å². The van der Waals surface area contributed by atoms with Crippen LogP contribution >= 0.6 is 38.9 Å². The number of nitrogens with zero attached hydrogens (tertiary/aromatic N) is 1. The van der Waals surface area contributed by atoms with Gasteiger partial charge in [-0.05, 0) is 27.9 Å². The van der Waals surface area contributed by atoms with Crippen molar-refractivity contribution >= 4 is 54.8 Å². The van der Waals surface area contributed by atoms with Crippen LogP contribution in [0.1, 0.15) is 13.3 Å². The number of rotatable bonds is 2. The van der Waals surface area contributed by atoms with Crippen molar-refractivity contribution in [2.24, 2.45) is 5.92 Å². The predicted molar refractivity (Wildman–Crippen MR) is 69.7 cm³/mol. The maximum atomic E-state index is 12.2. The Balaban J connectivity index is 2.40. The molecular formula is C9H9BrClNO3S2. The molecule has 0 bridgehead atoms. The third-order valence-electron chi connectivity index (χ3n) is 2.45. The lowest BCUT2D eigenvalue weighted by Crippen LogP contribution is -2.31. The molecule has 8 heteroatoms. The summed E-state index contributed by atoms with van der Waals surface area (Å²) in [5.41, 5.74) is 0. The zero-order valence-corrected chi connectivity index (χ0v) is 12.8. The van der Waals surface area contributed by atoms with E-state index in [9.17, 15) is 13.2 Å². The Bertz CT molecular complexity index is 549. The second kappa shape index (κ2) is 4.53. The second-order valence-electron chi connectivity index (χ2n) is 3.93. The molecule has 2 rings (SSSR count). The number of hydrogen-bond acceptors (Lipinski definition) is 4. The number of hydrogen-bond donors (Lipinski definition) is 0. The highest BCUT2D eigenvalue weighted by Gasteiger charge is 2.37. The fourth-order valence-electron chi connectivity index (χ4n) is 1.64. The van der Waals surface area contributed by atoms with Crippen molar-refractivity contribution in [1.29, 1.82) is 0 Å². The van der Waals surface area contributed by atoms with E-state index in [4.69, 9.17) is 11.6 Å². The highest BCUT2D eigenvalue weighted by atomic mass is 79.9. The van der Waals surface area contributed by atoms with E-state index >= 15 is 0 Å². The summed E-state index contributed by atoms with van der Waals surface area (Å²) >= 11 is 9.98. The number of carbonyl (C=O) groups is 1. The molecule has 94 valence electrons. The molecule has 1 amide bonds. The number of amides is 1. The molecule has 0 radical (unpaired) electrons. The van der Waals surface area contributed by atoms with Crippen LogP contribution in [-0.2, 0) is 14.8 Å². The van der Waals surface area contributed by atoms with E-state index in [1.807, 2.05) is 6.92 Å². The molecule has 2 heterocycles. The van der Waals surface area contributed by atoms with Gasteiger partial charge in [0.05, 0.1) is 8.81 Å². The van der Waals surface area contributed by atoms with Gasteiger partial charge in [0.2, 0.25) is 5.91 Å². The Kier molecular flexibility index (Phi) is 3.55. The molecule has 0 N–H and O–H groups in total. The molecule has 17 heavy (non-hydrogen) atoms. The van der Waals surface area contributed by atoms with Gasteiger partial charge in [-0.2, -0.15) is 0 Å². The Labute approximate surface area is 117 Å². The Morgan fingerprint density at radius 1 is 1.59 bits per heavy atom. The van der Waals surface area contributed by atoms with Gasteiger partial charge in [-0.1, -0.05) is 18.5 Å². The predicted octanol–water partition coefficient (Wildman–Crippen LogP) is 2.72. The van der Waals surface area contributed by atoms with E-state index in [0.717, 1.165) is 15.6 Å². The first-order valence-electron chi connectivity index (χ1n) is 4.82. The van der Waals surface area contributed by atoms with Gasteiger partial charge in [0, 0.05) is 13.0 Å². The molecule has 1 aromatic heterocycles. The zero-order valence-electron chi connectivity index (χ0n) is 8.81. The molecule has 1 atom stereocenters. The maximum Gasteiger partial charge on any atom is 0.276 e. The lowest BCUT2D eigenvalue weighted by molar-refractivity contribution is -0.123. The van der Waals surface area contributed by atoms with Crippen LogP contribution in [0.3, 0.4) is 0 Å². The molecular weight excluding hydrogens is 350 g/mol. The van der Waals surface area contributed by atoms with Gasteiger partial charge >= 0.3 is 0 Å².